The minimum atomic E-state index is -3.49. The molecular formula is C13H13BrClNO2S2. The minimum Gasteiger partial charge on any atom is -0.211 e. The molecule has 0 aliphatic carbocycles. The molecule has 7 heteroatoms. The molecule has 0 amide bonds. The summed E-state index contributed by atoms with van der Waals surface area (Å²) in [5.41, 5.74) is 0.722. The Morgan fingerprint density at radius 3 is 2.70 bits per heavy atom. The summed E-state index contributed by atoms with van der Waals surface area (Å²) in [7, 11) is -3.49. The molecule has 1 heterocycles. The Kier molecular flexibility index (Phi) is 5.25. The molecule has 3 nitrogen and oxygen atoms in total. The Morgan fingerprint density at radius 2 is 2.05 bits per heavy atom. The highest BCUT2D eigenvalue weighted by Gasteiger charge is 2.16. The highest BCUT2D eigenvalue weighted by Crippen LogP contribution is 2.22. The highest BCUT2D eigenvalue weighted by atomic mass is 79.9. The number of hydrogen-bond acceptors (Lipinski definition) is 3. The van der Waals surface area contributed by atoms with Crippen molar-refractivity contribution in [1.82, 2.24) is 4.72 Å². The number of halogens is 2. The fourth-order valence-electron chi connectivity index (χ4n) is 1.74. The van der Waals surface area contributed by atoms with Gasteiger partial charge in [0.15, 0.2) is 0 Å². The van der Waals surface area contributed by atoms with E-state index in [1.54, 1.807) is 19.1 Å². The van der Waals surface area contributed by atoms with Gasteiger partial charge in [0, 0.05) is 15.9 Å². The zero-order valence-electron chi connectivity index (χ0n) is 10.7. The second-order valence-electron chi connectivity index (χ2n) is 4.26. The summed E-state index contributed by atoms with van der Waals surface area (Å²) in [6.45, 7) is 2.13. The van der Waals surface area contributed by atoms with Crippen molar-refractivity contribution < 1.29 is 8.42 Å². The van der Waals surface area contributed by atoms with Crippen LogP contribution in [-0.2, 0) is 16.4 Å². The van der Waals surface area contributed by atoms with Crippen molar-refractivity contribution in [1.29, 1.82) is 0 Å². The minimum absolute atomic E-state index is 0.302. The molecule has 0 saturated heterocycles. The largest absolute Gasteiger partial charge is 0.240 e. The molecule has 2 rings (SSSR count). The quantitative estimate of drug-likeness (QED) is 0.833. The molecule has 1 N–H and O–H groups in total. The van der Waals surface area contributed by atoms with E-state index >= 15 is 0 Å². The number of aryl methyl sites for hydroxylation is 1. The van der Waals surface area contributed by atoms with Crippen molar-refractivity contribution in [3.63, 3.8) is 0 Å². The lowest BCUT2D eigenvalue weighted by Gasteiger charge is -2.09. The molecule has 1 aromatic carbocycles. The molecule has 0 fully saturated rings. The summed E-state index contributed by atoms with van der Waals surface area (Å²) in [5, 5.41) is 0. The number of sulfonamides is 1. The Balaban J connectivity index is 2.06. The third-order valence-corrected chi connectivity index (χ3v) is 6.12. The number of benzene rings is 1. The Hall–Kier alpha value is -0.400. The van der Waals surface area contributed by atoms with Crippen LogP contribution in [0, 0.1) is 6.92 Å². The molecule has 0 bridgehead atoms. The van der Waals surface area contributed by atoms with Crippen LogP contribution in [0.1, 0.15) is 10.4 Å². The molecule has 0 aliphatic heterocycles. The fourth-order valence-corrected chi connectivity index (χ4v) is 4.64. The third kappa shape index (κ3) is 4.05. The lowest BCUT2D eigenvalue weighted by atomic mass is 10.2. The lowest BCUT2D eigenvalue weighted by Crippen LogP contribution is -2.26. The van der Waals surface area contributed by atoms with E-state index < -0.39 is 10.0 Å². The standard InChI is InChI=1S/C13H13BrClNO2S2/c1-9-2-3-10(14)8-12(9)20(17,18)16-7-6-11-4-5-13(15)19-11/h2-5,8,16H,6-7H2,1H3. The highest BCUT2D eigenvalue weighted by molar-refractivity contribution is 9.10. The van der Waals surface area contributed by atoms with Gasteiger partial charge >= 0.3 is 0 Å². The molecule has 2 aromatic rings. The van der Waals surface area contributed by atoms with E-state index in [-0.39, 0.29) is 0 Å². The van der Waals surface area contributed by atoms with Crippen molar-refractivity contribution in [2.45, 2.75) is 18.2 Å². The average Bonchev–Trinajstić information content (AvgIpc) is 2.78. The maximum absolute atomic E-state index is 12.2. The Labute approximate surface area is 136 Å². The van der Waals surface area contributed by atoms with Gasteiger partial charge in [-0.2, -0.15) is 0 Å². The van der Waals surface area contributed by atoms with Crippen LogP contribution in [0.15, 0.2) is 39.7 Å². The van der Waals surface area contributed by atoms with Gasteiger partial charge in [0.2, 0.25) is 10.0 Å². The van der Waals surface area contributed by atoms with Crippen LogP contribution >= 0.6 is 38.9 Å². The number of nitrogens with one attached hydrogen (secondary N) is 1. The molecule has 0 atom stereocenters. The monoisotopic (exact) mass is 393 g/mol. The first-order chi connectivity index (χ1) is 9.38. The molecule has 0 spiro atoms. The van der Waals surface area contributed by atoms with E-state index in [0.29, 0.717) is 22.2 Å². The molecule has 0 radical (unpaired) electrons. The summed E-state index contributed by atoms with van der Waals surface area (Å²) < 4.78 is 28.6. The predicted molar refractivity (Wildman–Crippen MR) is 87.1 cm³/mol. The van der Waals surface area contributed by atoms with Crippen molar-refractivity contribution in [3.05, 3.63) is 49.6 Å². The van der Waals surface area contributed by atoms with E-state index in [2.05, 4.69) is 20.7 Å². The second kappa shape index (κ2) is 6.58. The SMILES string of the molecule is Cc1ccc(Br)cc1S(=O)(=O)NCCc1ccc(Cl)s1. The summed E-state index contributed by atoms with van der Waals surface area (Å²) in [5.74, 6) is 0. The molecular weight excluding hydrogens is 382 g/mol. The molecule has 0 aliphatic rings. The van der Waals surface area contributed by atoms with Gasteiger partial charge in [-0.1, -0.05) is 33.6 Å². The Morgan fingerprint density at radius 1 is 1.30 bits per heavy atom. The van der Waals surface area contributed by atoms with Crippen molar-refractivity contribution >= 4 is 48.9 Å². The van der Waals surface area contributed by atoms with Gasteiger partial charge in [-0.05, 0) is 43.2 Å². The van der Waals surface area contributed by atoms with E-state index in [9.17, 15) is 8.42 Å². The van der Waals surface area contributed by atoms with Crippen LogP contribution in [0.5, 0.6) is 0 Å². The maximum atomic E-state index is 12.2. The zero-order chi connectivity index (χ0) is 14.8. The van der Waals surface area contributed by atoms with Gasteiger partial charge in [-0.15, -0.1) is 11.3 Å². The summed E-state index contributed by atoms with van der Waals surface area (Å²) in [4.78, 5) is 1.36. The van der Waals surface area contributed by atoms with E-state index in [1.807, 2.05) is 18.2 Å². The van der Waals surface area contributed by atoms with Gasteiger partial charge in [0.05, 0.1) is 9.23 Å². The number of hydrogen-bond donors (Lipinski definition) is 1. The van der Waals surface area contributed by atoms with Crippen LogP contribution in [-0.4, -0.2) is 15.0 Å². The van der Waals surface area contributed by atoms with Gasteiger partial charge in [0.25, 0.3) is 0 Å². The van der Waals surface area contributed by atoms with Gasteiger partial charge in [-0.25, -0.2) is 13.1 Å². The van der Waals surface area contributed by atoms with Crippen LogP contribution < -0.4 is 4.72 Å². The number of rotatable bonds is 5. The van der Waals surface area contributed by atoms with E-state index in [0.717, 1.165) is 14.9 Å². The van der Waals surface area contributed by atoms with Crippen LogP contribution in [0.2, 0.25) is 4.34 Å². The summed E-state index contributed by atoms with van der Waals surface area (Å²) in [6, 6.07) is 8.93. The first-order valence-electron chi connectivity index (χ1n) is 5.88. The van der Waals surface area contributed by atoms with Gasteiger partial charge in [-0.3, -0.25) is 0 Å². The van der Waals surface area contributed by atoms with Crippen molar-refractivity contribution in [2.75, 3.05) is 6.54 Å². The first-order valence-corrected chi connectivity index (χ1v) is 9.35. The van der Waals surface area contributed by atoms with E-state index in [4.69, 9.17) is 11.6 Å². The summed E-state index contributed by atoms with van der Waals surface area (Å²) in [6.07, 6.45) is 0.629. The topological polar surface area (TPSA) is 46.2 Å². The van der Waals surface area contributed by atoms with E-state index in [1.165, 1.54) is 11.3 Å². The van der Waals surface area contributed by atoms with Gasteiger partial charge < -0.3 is 0 Å². The molecule has 0 unspecified atom stereocenters. The van der Waals surface area contributed by atoms with Gasteiger partial charge in [0.1, 0.15) is 0 Å². The Bertz CT molecular complexity index is 713. The zero-order valence-corrected chi connectivity index (χ0v) is 14.7. The molecule has 108 valence electrons. The molecule has 20 heavy (non-hydrogen) atoms. The van der Waals surface area contributed by atoms with Crippen LogP contribution in [0.4, 0.5) is 0 Å². The van der Waals surface area contributed by atoms with Crippen molar-refractivity contribution in [3.8, 4) is 0 Å². The third-order valence-electron chi connectivity index (χ3n) is 2.73. The predicted octanol–water partition coefficient (Wildman–Crippen LogP) is 3.99. The number of thiophene rings is 1. The lowest BCUT2D eigenvalue weighted by molar-refractivity contribution is 0.581. The van der Waals surface area contributed by atoms with Crippen molar-refractivity contribution in [2.24, 2.45) is 0 Å². The summed E-state index contributed by atoms with van der Waals surface area (Å²) >= 11 is 10.6. The van der Waals surface area contributed by atoms with Crippen LogP contribution in [0.3, 0.4) is 0 Å². The van der Waals surface area contributed by atoms with Crippen LogP contribution in [0.25, 0.3) is 0 Å². The maximum Gasteiger partial charge on any atom is 0.240 e. The fraction of sp³-hybridized carbons (Fsp3) is 0.231. The molecule has 1 aromatic heterocycles. The normalized spacial score (nSPS) is 11.8. The smallest absolute Gasteiger partial charge is 0.211 e. The molecule has 0 saturated carbocycles. The second-order valence-corrected chi connectivity index (χ2v) is 8.71. The first kappa shape index (κ1) is 16.0. The average molecular weight is 395 g/mol.